The highest BCUT2D eigenvalue weighted by atomic mass is 19.3. The van der Waals surface area contributed by atoms with Gasteiger partial charge in [0.05, 0.1) is 13.7 Å². The molecule has 0 atom stereocenters. The summed E-state index contributed by atoms with van der Waals surface area (Å²) in [4.78, 5) is 0. The highest BCUT2D eigenvalue weighted by Gasteiger charge is 2.05. The van der Waals surface area contributed by atoms with E-state index in [2.05, 4.69) is 5.32 Å². The number of alkyl halides is 2. The lowest BCUT2D eigenvalue weighted by molar-refractivity contribution is 0.145. The van der Waals surface area contributed by atoms with Gasteiger partial charge in [-0.25, -0.2) is 8.78 Å². The summed E-state index contributed by atoms with van der Waals surface area (Å²) in [7, 11) is 1.50. The van der Waals surface area contributed by atoms with Crippen LogP contribution in [0.15, 0.2) is 18.2 Å². The molecule has 2 N–H and O–H groups in total. The van der Waals surface area contributed by atoms with Crippen molar-refractivity contribution < 1.29 is 18.6 Å². The third-order valence-corrected chi connectivity index (χ3v) is 1.90. The summed E-state index contributed by atoms with van der Waals surface area (Å²) in [5.74, 6) is 0.652. The molecule has 0 aliphatic rings. The van der Waals surface area contributed by atoms with Crippen LogP contribution in [0.2, 0.25) is 0 Å². The first-order chi connectivity index (χ1) is 7.13. The van der Waals surface area contributed by atoms with Crippen molar-refractivity contribution in [2.45, 2.75) is 13.0 Å². The molecule has 1 aromatic rings. The first-order valence-electron chi connectivity index (χ1n) is 4.48. The predicted molar refractivity (Wildman–Crippen MR) is 52.4 cm³/mol. The number of phenols is 1. The number of nitrogens with one attached hydrogen (secondary N) is 1. The Morgan fingerprint density at radius 3 is 2.80 bits per heavy atom. The van der Waals surface area contributed by atoms with Crippen LogP contribution in [0, 0.1) is 0 Å². The number of phenolic OH excluding ortho intramolecular Hbond substituents is 1. The minimum Gasteiger partial charge on any atom is -0.508 e. The molecule has 0 saturated heterocycles. The van der Waals surface area contributed by atoms with Crippen LogP contribution in [0.3, 0.4) is 0 Å². The fourth-order valence-corrected chi connectivity index (χ4v) is 1.15. The number of benzene rings is 1. The zero-order valence-corrected chi connectivity index (χ0v) is 8.34. The number of hydrogen-bond donors (Lipinski definition) is 2. The molecule has 0 bridgehead atoms. The Morgan fingerprint density at radius 1 is 1.47 bits per heavy atom. The minimum absolute atomic E-state index is 0.0672. The molecule has 0 aliphatic carbocycles. The zero-order valence-electron chi connectivity index (χ0n) is 8.34. The van der Waals surface area contributed by atoms with Gasteiger partial charge in [0.25, 0.3) is 6.43 Å². The topological polar surface area (TPSA) is 41.5 Å². The maximum Gasteiger partial charge on any atom is 0.250 e. The molecule has 84 valence electrons. The average molecular weight is 217 g/mol. The SMILES string of the molecule is COc1ccc(O)c(CNCC(F)F)c1. The lowest BCUT2D eigenvalue weighted by Gasteiger charge is -2.08. The summed E-state index contributed by atoms with van der Waals surface area (Å²) in [6, 6.07) is 4.68. The van der Waals surface area contributed by atoms with Crippen molar-refractivity contribution in [2.75, 3.05) is 13.7 Å². The summed E-state index contributed by atoms with van der Waals surface area (Å²) in [5, 5.41) is 11.9. The van der Waals surface area contributed by atoms with Crippen LogP contribution in [0.5, 0.6) is 11.5 Å². The van der Waals surface area contributed by atoms with E-state index in [1.165, 1.54) is 13.2 Å². The fourth-order valence-electron chi connectivity index (χ4n) is 1.15. The number of hydrogen-bond acceptors (Lipinski definition) is 3. The molecular formula is C10H13F2NO2. The molecule has 0 saturated carbocycles. The quantitative estimate of drug-likeness (QED) is 0.789. The zero-order chi connectivity index (χ0) is 11.3. The van der Waals surface area contributed by atoms with Gasteiger partial charge in [0, 0.05) is 12.1 Å². The van der Waals surface area contributed by atoms with Crippen molar-refractivity contribution in [3.05, 3.63) is 23.8 Å². The van der Waals surface area contributed by atoms with E-state index in [4.69, 9.17) is 4.74 Å². The van der Waals surface area contributed by atoms with E-state index in [0.29, 0.717) is 11.3 Å². The first-order valence-corrected chi connectivity index (χ1v) is 4.48. The highest BCUT2D eigenvalue weighted by molar-refractivity contribution is 5.39. The smallest absolute Gasteiger partial charge is 0.250 e. The Balaban J connectivity index is 2.59. The molecule has 0 unspecified atom stereocenters. The summed E-state index contributed by atoms with van der Waals surface area (Å²) < 4.78 is 28.6. The van der Waals surface area contributed by atoms with Gasteiger partial charge in [-0.15, -0.1) is 0 Å². The van der Waals surface area contributed by atoms with E-state index < -0.39 is 13.0 Å². The lowest BCUT2D eigenvalue weighted by atomic mass is 10.2. The Bertz CT molecular complexity index is 318. The van der Waals surface area contributed by atoms with Gasteiger partial charge in [-0.2, -0.15) is 0 Å². The van der Waals surface area contributed by atoms with Gasteiger partial charge in [0.15, 0.2) is 0 Å². The maximum atomic E-state index is 11.8. The number of methoxy groups -OCH3 is 1. The highest BCUT2D eigenvalue weighted by Crippen LogP contribution is 2.22. The molecule has 0 fully saturated rings. The molecule has 0 radical (unpaired) electrons. The van der Waals surface area contributed by atoms with Gasteiger partial charge in [-0.3, -0.25) is 0 Å². The normalized spacial score (nSPS) is 10.7. The first kappa shape index (κ1) is 11.7. The second-order valence-electron chi connectivity index (χ2n) is 3.02. The third kappa shape index (κ3) is 3.71. The van der Waals surface area contributed by atoms with Crippen molar-refractivity contribution in [1.82, 2.24) is 5.32 Å². The molecule has 0 heterocycles. The second kappa shape index (κ2) is 5.50. The monoisotopic (exact) mass is 217 g/mol. The number of ether oxygens (including phenoxy) is 1. The van der Waals surface area contributed by atoms with E-state index in [9.17, 15) is 13.9 Å². The fraction of sp³-hybridized carbons (Fsp3) is 0.400. The molecule has 1 aromatic carbocycles. The third-order valence-electron chi connectivity index (χ3n) is 1.90. The van der Waals surface area contributed by atoms with Crippen LogP contribution in [0.25, 0.3) is 0 Å². The minimum atomic E-state index is -2.39. The van der Waals surface area contributed by atoms with Crippen LogP contribution >= 0.6 is 0 Å². The van der Waals surface area contributed by atoms with Crippen molar-refractivity contribution in [3.63, 3.8) is 0 Å². The summed E-state index contributed by atoms with van der Waals surface area (Å²) in [6.07, 6.45) is -2.39. The van der Waals surface area contributed by atoms with Crippen LogP contribution < -0.4 is 10.1 Å². The van der Waals surface area contributed by atoms with Crippen molar-refractivity contribution in [1.29, 1.82) is 0 Å². The Morgan fingerprint density at radius 2 is 2.20 bits per heavy atom. The number of halogens is 2. The van der Waals surface area contributed by atoms with E-state index in [0.717, 1.165) is 0 Å². The number of rotatable bonds is 5. The Kier molecular flexibility index (Phi) is 4.30. The molecule has 0 spiro atoms. The summed E-state index contributed by atoms with van der Waals surface area (Å²) in [5.41, 5.74) is 0.537. The van der Waals surface area contributed by atoms with Crippen molar-refractivity contribution in [2.24, 2.45) is 0 Å². The van der Waals surface area contributed by atoms with E-state index in [1.54, 1.807) is 12.1 Å². The largest absolute Gasteiger partial charge is 0.508 e. The molecular weight excluding hydrogens is 204 g/mol. The second-order valence-corrected chi connectivity index (χ2v) is 3.02. The van der Waals surface area contributed by atoms with Gasteiger partial charge >= 0.3 is 0 Å². The summed E-state index contributed by atoms with van der Waals surface area (Å²) in [6.45, 7) is -0.204. The standard InChI is InChI=1S/C10H13F2NO2/c1-15-8-2-3-9(14)7(4-8)5-13-6-10(11)12/h2-4,10,13-14H,5-6H2,1H3. The molecule has 0 aromatic heterocycles. The van der Waals surface area contributed by atoms with E-state index >= 15 is 0 Å². The van der Waals surface area contributed by atoms with Crippen molar-refractivity contribution in [3.8, 4) is 11.5 Å². The van der Waals surface area contributed by atoms with Gasteiger partial charge in [0.1, 0.15) is 11.5 Å². The molecule has 0 aliphatic heterocycles. The number of aromatic hydroxyl groups is 1. The van der Waals surface area contributed by atoms with E-state index in [1.807, 2.05) is 0 Å². The molecule has 15 heavy (non-hydrogen) atoms. The van der Waals surface area contributed by atoms with Crippen LogP contribution in [0.1, 0.15) is 5.56 Å². The van der Waals surface area contributed by atoms with Crippen LogP contribution in [-0.4, -0.2) is 25.2 Å². The molecule has 3 nitrogen and oxygen atoms in total. The molecule has 5 heteroatoms. The van der Waals surface area contributed by atoms with Gasteiger partial charge in [-0.05, 0) is 18.2 Å². The van der Waals surface area contributed by atoms with Gasteiger partial charge in [-0.1, -0.05) is 0 Å². The Hall–Kier alpha value is -1.36. The Labute approximate surface area is 86.7 Å². The van der Waals surface area contributed by atoms with E-state index in [-0.39, 0.29) is 12.3 Å². The summed E-state index contributed by atoms with van der Waals surface area (Å²) >= 11 is 0. The average Bonchev–Trinajstić information content (AvgIpc) is 2.20. The van der Waals surface area contributed by atoms with Gasteiger partial charge in [0.2, 0.25) is 0 Å². The maximum absolute atomic E-state index is 11.8. The molecule has 1 rings (SSSR count). The molecule has 0 amide bonds. The van der Waals surface area contributed by atoms with Crippen LogP contribution in [0.4, 0.5) is 8.78 Å². The van der Waals surface area contributed by atoms with Gasteiger partial charge < -0.3 is 15.2 Å². The predicted octanol–water partition coefficient (Wildman–Crippen LogP) is 1.76. The lowest BCUT2D eigenvalue weighted by Crippen LogP contribution is -2.20. The van der Waals surface area contributed by atoms with Crippen LogP contribution in [-0.2, 0) is 6.54 Å². The van der Waals surface area contributed by atoms with Crippen molar-refractivity contribution >= 4 is 0 Å².